The number of aromatic nitrogens is 1. The molecule has 0 bridgehead atoms. The van der Waals surface area contributed by atoms with E-state index in [1.165, 1.54) is 11.6 Å². The summed E-state index contributed by atoms with van der Waals surface area (Å²) in [7, 11) is -3.88. The molecule has 0 aliphatic heterocycles. The predicted molar refractivity (Wildman–Crippen MR) is 113 cm³/mol. The lowest BCUT2D eigenvalue weighted by Crippen LogP contribution is -2.20. The number of sulfonamides is 1. The van der Waals surface area contributed by atoms with Crippen molar-refractivity contribution in [2.45, 2.75) is 36.5 Å². The third-order valence-electron chi connectivity index (χ3n) is 5.62. The fraction of sp³-hybridized carbons (Fsp3) is 0.286. The van der Waals surface area contributed by atoms with E-state index in [2.05, 4.69) is 31.9 Å². The summed E-state index contributed by atoms with van der Waals surface area (Å²) in [6.07, 6.45) is 2.86. The van der Waals surface area contributed by atoms with E-state index in [0.29, 0.717) is 24.5 Å². The summed E-state index contributed by atoms with van der Waals surface area (Å²) in [6.45, 7) is 2.19. The van der Waals surface area contributed by atoms with Crippen LogP contribution >= 0.6 is 15.9 Å². The number of rotatable bonds is 5. The number of anilines is 1. The van der Waals surface area contributed by atoms with Crippen LogP contribution in [-0.2, 0) is 21.9 Å². The third kappa shape index (κ3) is 3.05. The molecule has 1 N–H and O–H groups in total. The molecule has 1 spiro atoms. The van der Waals surface area contributed by atoms with Crippen LogP contribution in [0.2, 0.25) is 0 Å². The molecule has 5 rings (SSSR count). The van der Waals surface area contributed by atoms with Crippen molar-refractivity contribution in [3.05, 3.63) is 58.1 Å². The quantitative estimate of drug-likeness (QED) is 0.568. The van der Waals surface area contributed by atoms with Crippen molar-refractivity contribution in [3.8, 4) is 17.1 Å². The first-order valence-corrected chi connectivity index (χ1v) is 11.7. The van der Waals surface area contributed by atoms with Gasteiger partial charge in [-0.25, -0.2) is 8.42 Å². The molecule has 1 heterocycles. The fourth-order valence-corrected chi connectivity index (χ4v) is 5.63. The first-order chi connectivity index (χ1) is 13.9. The van der Waals surface area contributed by atoms with Crippen LogP contribution < -0.4 is 9.46 Å². The van der Waals surface area contributed by atoms with Crippen LogP contribution in [-0.4, -0.2) is 20.2 Å². The Morgan fingerprint density at radius 1 is 1.24 bits per heavy atom. The molecule has 0 amide bonds. The van der Waals surface area contributed by atoms with E-state index in [1.54, 1.807) is 18.2 Å². The van der Waals surface area contributed by atoms with E-state index < -0.39 is 10.0 Å². The summed E-state index contributed by atoms with van der Waals surface area (Å²) in [5.41, 5.74) is 3.09. The van der Waals surface area contributed by atoms with Crippen LogP contribution in [0.15, 0.2) is 56.4 Å². The second-order valence-electron chi connectivity index (χ2n) is 7.47. The zero-order valence-corrected chi connectivity index (χ0v) is 18.1. The van der Waals surface area contributed by atoms with Crippen LogP contribution in [0.25, 0.3) is 11.3 Å². The molecular weight excluding hydrogens is 456 g/mol. The van der Waals surface area contributed by atoms with E-state index in [9.17, 15) is 8.42 Å². The van der Waals surface area contributed by atoms with Gasteiger partial charge in [0.1, 0.15) is 10.6 Å². The number of hydrogen-bond acceptors (Lipinski definition) is 5. The van der Waals surface area contributed by atoms with Gasteiger partial charge in [0.15, 0.2) is 11.6 Å². The maximum Gasteiger partial charge on any atom is 0.266 e. The molecule has 3 aromatic rings. The van der Waals surface area contributed by atoms with Gasteiger partial charge in [-0.1, -0.05) is 39.3 Å². The molecule has 2 aliphatic carbocycles. The van der Waals surface area contributed by atoms with Gasteiger partial charge in [-0.2, -0.15) is 0 Å². The maximum atomic E-state index is 13.1. The number of fused-ring (bicyclic) bond motifs is 4. The summed E-state index contributed by atoms with van der Waals surface area (Å²) in [6, 6.07) is 12.8. The summed E-state index contributed by atoms with van der Waals surface area (Å²) in [5.74, 6) is 1.20. The highest BCUT2D eigenvalue weighted by Crippen LogP contribution is 2.58. The SMILES string of the molecule is CCOc1ccccc1S(=O)(=O)Nc1noc2c1CC1(CC1)c1ccc(Br)cc1-2. The molecule has 1 aromatic heterocycles. The lowest BCUT2D eigenvalue weighted by molar-refractivity contribution is 0.331. The fourth-order valence-electron chi connectivity index (χ4n) is 4.09. The van der Waals surface area contributed by atoms with Crippen LogP contribution in [0.1, 0.15) is 30.9 Å². The number of ether oxygens (including phenoxy) is 1. The van der Waals surface area contributed by atoms with Gasteiger partial charge in [0.2, 0.25) is 0 Å². The highest BCUT2D eigenvalue weighted by molar-refractivity contribution is 9.10. The number of halogens is 1. The standard InChI is InChI=1S/C21H19BrN2O4S/c1-2-27-17-5-3-4-6-18(17)29(25,26)24-20-15-12-21(9-10-21)16-8-7-13(22)11-14(16)19(15)28-23-20/h3-8,11H,2,9-10,12H2,1H3,(H,23,24). The molecule has 1 fully saturated rings. The zero-order valence-electron chi connectivity index (χ0n) is 15.7. The monoisotopic (exact) mass is 474 g/mol. The maximum absolute atomic E-state index is 13.1. The van der Waals surface area contributed by atoms with E-state index in [4.69, 9.17) is 9.26 Å². The number of hydrogen-bond donors (Lipinski definition) is 1. The highest BCUT2D eigenvalue weighted by Gasteiger charge is 2.50. The van der Waals surface area contributed by atoms with Crippen LogP contribution in [0.3, 0.4) is 0 Å². The Morgan fingerprint density at radius 2 is 2.03 bits per heavy atom. The predicted octanol–water partition coefficient (Wildman–Crippen LogP) is 4.89. The molecule has 2 aromatic carbocycles. The Hall–Kier alpha value is -2.32. The smallest absolute Gasteiger partial charge is 0.266 e. The lowest BCUT2D eigenvalue weighted by atomic mass is 9.79. The average Bonchev–Trinajstić information content (AvgIpc) is 3.36. The summed E-state index contributed by atoms with van der Waals surface area (Å²) < 4.78 is 40.8. The molecular formula is C21H19BrN2O4S. The molecule has 6 nitrogen and oxygen atoms in total. The van der Waals surface area contributed by atoms with Gasteiger partial charge in [0.05, 0.1) is 6.61 Å². The minimum Gasteiger partial charge on any atom is -0.492 e. The topological polar surface area (TPSA) is 81.4 Å². The number of nitrogens with one attached hydrogen (secondary N) is 1. The summed E-state index contributed by atoms with van der Waals surface area (Å²) in [4.78, 5) is 0.0821. The van der Waals surface area contributed by atoms with Crippen LogP contribution in [0, 0.1) is 0 Å². The van der Waals surface area contributed by atoms with Crippen molar-refractivity contribution < 1.29 is 17.7 Å². The third-order valence-corrected chi connectivity index (χ3v) is 7.50. The first-order valence-electron chi connectivity index (χ1n) is 9.47. The van der Waals surface area contributed by atoms with Gasteiger partial charge >= 0.3 is 0 Å². The van der Waals surface area contributed by atoms with E-state index in [-0.39, 0.29) is 16.1 Å². The normalized spacial score (nSPS) is 16.2. The molecule has 29 heavy (non-hydrogen) atoms. The largest absolute Gasteiger partial charge is 0.492 e. The first kappa shape index (κ1) is 18.7. The zero-order chi connectivity index (χ0) is 20.2. The van der Waals surface area contributed by atoms with Gasteiger partial charge in [0.25, 0.3) is 10.0 Å². The molecule has 150 valence electrons. The van der Waals surface area contributed by atoms with Crippen molar-refractivity contribution in [2.24, 2.45) is 0 Å². The Bertz CT molecular complexity index is 1220. The second-order valence-corrected chi connectivity index (χ2v) is 10.0. The molecule has 0 unspecified atom stereocenters. The van der Waals surface area contributed by atoms with Gasteiger partial charge in [-0.05, 0) is 56.0 Å². The minimum absolute atomic E-state index is 0.0536. The Kier molecular flexibility index (Phi) is 4.25. The molecule has 0 radical (unpaired) electrons. The molecule has 0 saturated heterocycles. The van der Waals surface area contributed by atoms with Crippen LogP contribution in [0.4, 0.5) is 5.82 Å². The lowest BCUT2D eigenvalue weighted by Gasteiger charge is -2.24. The Labute approximate surface area is 177 Å². The van der Waals surface area contributed by atoms with Gasteiger partial charge in [-0.15, -0.1) is 0 Å². The van der Waals surface area contributed by atoms with Crippen molar-refractivity contribution >= 4 is 31.8 Å². The van der Waals surface area contributed by atoms with Crippen molar-refractivity contribution in [2.75, 3.05) is 11.3 Å². The summed E-state index contributed by atoms with van der Waals surface area (Å²) in [5, 5.41) is 4.08. The van der Waals surface area contributed by atoms with E-state index in [0.717, 1.165) is 28.4 Å². The molecule has 2 aliphatic rings. The number of para-hydroxylation sites is 1. The van der Waals surface area contributed by atoms with Gasteiger partial charge < -0.3 is 9.26 Å². The van der Waals surface area contributed by atoms with E-state index in [1.807, 2.05) is 19.1 Å². The minimum atomic E-state index is -3.88. The molecule has 8 heteroatoms. The van der Waals surface area contributed by atoms with Gasteiger partial charge in [0, 0.05) is 21.0 Å². The highest BCUT2D eigenvalue weighted by atomic mass is 79.9. The summed E-state index contributed by atoms with van der Waals surface area (Å²) >= 11 is 3.52. The van der Waals surface area contributed by atoms with Crippen molar-refractivity contribution in [1.82, 2.24) is 5.16 Å². The Morgan fingerprint density at radius 3 is 2.79 bits per heavy atom. The number of benzene rings is 2. The van der Waals surface area contributed by atoms with Crippen molar-refractivity contribution in [1.29, 1.82) is 0 Å². The van der Waals surface area contributed by atoms with Crippen LogP contribution in [0.5, 0.6) is 5.75 Å². The Balaban J connectivity index is 1.56. The van der Waals surface area contributed by atoms with E-state index >= 15 is 0 Å². The molecule has 0 atom stereocenters. The van der Waals surface area contributed by atoms with Crippen molar-refractivity contribution in [3.63, 3.8) is 0 Å². The van der Waals surface area contributed by atoms with Gasteiger partial charge in [-0.3, -0.25) is 4.72 Å². The second kappa shape index (κ2) is 6.60. The number of nitrogens with zero attached hydrogens (tertiary/aromatic N) is 1. The average molecular weight is 475 g/mol. The molecule has 1 saturated carbocycles.